The minimum atomic E-state index is -3.40. The second kappa shape index (κ2) is 6.87. The third-order valence-electron chi connectivity index (χ3n) is 3.98. The molecular formula is C15H24N2O3S. The van der Waals surface area contributed by atoms with Crippen LogP contribution in [0, 0.1) is 12.8 Å². The fourth-order valence-electron chi connectivity index (χ4n) is 2.73. The third kappa shape index (κ3) is 3.63. The van der Waals surface area contributed by atoms with Gasteiger partial charge in [-0.3, -0.25) is 0 Å². The minimum Gasteiger partial charge on any atom is -0.384 e. The average Bonchev–Trinajstić information content (AvgIpc) is 2.91. The average molecular weight is 312 g/mol. The predicted octanol–water partition coefficient (Wildman–Crippen LogP) is 1.37. The number of methoxy groups -OCH3 is 1. The van der Waals surface area contributed by atoms with E-state index in [0.717, 1.165) is 17.5 Å². The van der Waals surface area contributed by atoms with Crippen molar-refractivity contribution in [1.29, 1.82) is 0 Å². The highest BCUT2D eigenvalue weighted by atomic mass is 32.2. The Morgan fingerprint density at radius 3 is 2.86 bits per heavy atom. The molecule has 1 aliphatic rings. The molecule has 118 valence electrons. The molecule has 1 aromatic rings. The van der Waals surface area contributed by atoms with Gasteiger partial charge in [0, 0.05) is 26.7 Å². The number of hydrogen-bond acceptors (Lipinski definition) is 4. The van der Waals surface area contributed by atoms with Crippen LogP contribution in [0.5, 0.6) is 0 Å². The van der Waals surface area contributed by atoms with E-state index in [1.807, 2.05) is 20.0 Å². The standard InChI is InChI=1S/C15H24N2O3S/c1-12-4-5-15(8-14(12)9-16-2)21(18,19)17-7-6-13(10-17)11-20-3/h4-5,8,13,16H,6-7,9-11H2,1-3H3. The summed E-state index contributed by atoms with van der Waals surface area (Å²) < 4.78 is 32.1. The van der Waals surface area contributed by atoms with Crippen molar-refractivity contribution in [3.8, 4) is 0 Å². The molecule has 1 fully saturated rings. The van der Waals surface area contributed by atoms with Gasteiger partial charge in [0.15, 0.2) is 0 Å². The smallest absolute Gasteiger partial charge is 0.243 e. The van der Waals surface area contributed by atoms with Crippen LogP contribution in [0.15, 0.2) is 23.1 Å². The summed E-state index contributed by atoms with van der Waals surface area (Å²) in [4.78, 5) is 0.386. The second-order valence-corrected chi connectivity index (χ2v) is 7.53. The topological polar surface area (TPSA) is 58.6 Å². The zero-order chi connectivity index (χ0) is 15.5. The summed E-state index contributed by atoms with van der Waals surface area (Å²) in [6, 6.07) is 5.36. The normalized spacial score (nSPS) is 20.0. The van der Waals surface area contributed by atoms with Crippen molar-refractivity contribution in [2.75, 3.05) is 33.9 Å². The van der Waals surface area contributed by atoms with Gasteiger partial charge in [-0.05, 0) is 49.6 Å². The molecule has 0 aliphatic carbocycles. The largest absolute Gasteiger partial charge is 0.384 e. The lowest BCUT2D eigenvalue weighted by atomic mass is 10.1. The van der Waals surface area contributed by atoms with E-state index >= 15 is 0 Å². The summed E-state index contributed by atoms with van der Waals surface area (Å²) in [5, 5.41) is 3.07. The van der Waals surface area contributed by atoms with Crippen LogP contribution in [0.2, 0.25) is 0 Å². The van der Waals surface area contributed by atoms with E-state index in [9.17, 15) is 8.42 Å². The van der Waals surface area contributed by atoms with Crippen LogP contribution in [0.4, 0.5) is 0 Å². The molecule has 1 N–H and O–H groups in total. The highest BCUT2D eigenvalue weighted by molar-refractivity contribution is 7.89. The van der Waals surface area contributed by atoms with Crippen molar-refractivity contribution >= 4 is 10.0 Å². The molecule has 0 amide bonds. The number of aryl methyl sites for hydroxylation is 1. The fourth-order valence-corrected chi connectivity index (χ4v) is 4.31. The van der Waals surface area contributed by atoms with Crippen molar-refractivity contribution in [2.45, 2.75) is 24.8 Å². The molecule has 1 aliphatic heterocycles. The second-order valence-electron chi connectivity index (χ2n) is 5.59. The lowest BCUT2D eigenvalue weighted by Crippen LogP contribution is -2.29. The number of rotatable bonds is 6. The molecule has 5 nitrogen and oxygen atoms in total. The molecule has 0 aromatic heterocycles. The summed E-state index contributed by atoms with van der Waals surface area (Å²) in [5.74, 6) is 0.298. The first-order valence-electron chi connectivity index (χ1n) is 7.22. The highest BCUT2D eigenvalue weighted by Gasteiger charge is 2.32. The quantitative estimate of drug-likeness (QED) is 0.862. The number of benzene rings is 1. The predicted molar refractivity (Wildman–Crippen MR) is 82.7 cm³/mol. The fraction of sp³-hybridized carbons (Fsp3) is 0.600. The van der Waals surface area contributed by atoms with Crippen LogP contribution in [-0.2, 0) is 21.3 Å². The van der Waals surface area contributed by atoms with Gasteiger partial charge in [-0.2, -0.15) is 4.31 Å². The number of nitrogens with one attached hydrogen (secondary N) is 1. The Hall–Kier alpha value is -0.950. The van der Waals surface area contributed by atoms with E-state index in [1.165, 1.54) is 0 Å². The molecule has 1 unspecified atom stereocenters. The Labute approximate surface area is 127 Å². The zero-order valence-corrected chi connectivity index (χ0v) is 13.7. The lowest BCUT2D eigenvalue weighted by molar-refractivity contribution is 0.157. The number of nitrogens with zero attached hydrogens (tertiary/aromatic N) is 1. The molecule has 0 bridgehead atoms. The maximum atomic E-state index is 12.7. The summed E-state index contributed by atoms with van der Waals surface area (Å²) >= 11 is 0. The molecule has 0 saturated carbocycles. The van der Waals surface area contributed by atoms with Crippen molar-refractivity contribution < 1.29 is 13.2 Å². The maximum absolute atomic E-state index is 12.7. The molecule has 2 rings (SSSR count). The van der Waals surface area contributed by atoms with Gasteiger partial charge >= 0.3 is 0 Å². The van der Waals surface area contributed by atoms with Gasteiger partial charge in [0.2, 0.25) is 10.0 Å². The minimum absolute atomic E-state index is 0.298. The molecule has 0 spiro atoms. The van der Waals surface area contributed by atoms with Gasteiger partial charge in [0.05, 0.1) is 11.5 Å². The highest BCUT2D eigenvalue weighted by Crippen LogP contribution is 2.25. The van der Waals surface area contributed by atoms with Crippen LogP contribution < -0.4 is 5.32 Å². The molecule has 1 aromatic carbocycles. The van der Waals surface area contributed by atoms with Crippen LogP contribution in [0.1, 0.15) is 17.5 Å². The van der Waals surface area contributed by atoms with Crippen molar-refractivity contribution in [3.63, 3.8) is 0 Å². The Morgan fingerprint density at radius 1 is 1.43 bits per heavy atom. The van der Waals surface area contributed by atoms with Crippen LogP contribution in [0.25, 0.3) is 0 Å². The third-order valence-corrected chi connectivity index (χ3v) is 5.84. The van der Waals surface area contributed by atoms with Crippen LogP contribution >= 0.6 is 0 Å². The van der Waals surface area contributed by atoms with Crippen LogP contribution in [-0.4, -0.2) is 46.6 Å². The Morgan fingerprint density at radius 2 is 2.19 bits per heavy atom. The van der Waals surface area contributed by atoms with Crippen molar-refractivity contribution in [1.82, 2.24) is 9.62 Å². The van der Waals surface area contributed by atoms with E-state index in [-0.39, 0.29) is 0 Å². The molecule has 0 radical (unpaired) electrons. The monoisotopic (exact) mass is 312 g/mol. The Kier molecular flexibility index (Phi) is 5.37. The van der Waals surface area contributed by atoms with Gasteiger partial charge in [-0.15, -0.1) is 0 Å². The van der Waals surface area contributed by atoms with Crippen molar-refractivity contribution in [2.24, 2.45) is 5.92 Å². The molecule has 21 heavy (non-hydrogen) atoms. The Balaban J connectivity index is 2.22. The SMILES string of the molecule is CNCc1cc(S(=O)(=O)N2CCC(COC)C2)ccc1C. The number of ether oxygens (including phenoxy) is 1. The first kappa shape index (κ1) is 16.4. The van der Waals surface area contributed by atoms with E-state index in [4.69, 9.17) is 4.74 Å². The zero-order valence-electron chi connectivity index (χ0n) is 12.9. The van der Waals surface area contributed by atoms with Gasteiger partial charge in [-0.1, -0.05) is 6.07 Å². The number of sulfonamides is 1. The van der Waals surface area contributed by atoms with Gasteiger partial charge < -0.3 is 10.1 Å². The van der Waals surface area contributed by atoms with E-state index in [0.29, 0.717) is 37.1 Å². The summed E-state index contributed by atoms with van der Waals surface area (Å²) in [6.45, 7) is 4.40. The van der Waals surface area contributed by atoms with E-state index in [2.05, 4.69) is 5.32 Å². The molecule has 6 heteroatoms. The first-order chi connectivity index (χ1) is 9.98. The molecule has 1 heterocycles. The van der Waals surface area contributed by atoms with Crippen molar-refractivity contribution in [3.05, 3.63) is 29.3 Å². The first-order valence-corrected chi connectivity index (χ1v) is 8.66. The van der Waals surface area contributed by atoms with Gasteiger partial charge in [0.1, 0.15) is 0 Å². The van der Waals surface area contributed by atoms with Gasteiger partial charge in [-0.25, -0.2) is 8.42 Å². The molecule has 1 saturated heterocycles. The maximum Gasteiger partial charge on any atom is 0.243 e. The van der Waals surface area contributed by atoms with E-state index in [1.54, 1.807) is 23.5 Å². The molecular weight excluding hydrogens is 288 g/mol. The van der Waals surface area contributed by atoms with E-state index < -0.39 is 10.0 Å². The summed E-state index contributed by atoms with van der Waals surface area (Å²) in [7, 11) is 0.114. The molecule has 1 atom stereocenters. The van der Waals surface area contributed by atoms with Crippen LogP contribution in [0.3, 0.4) is 0 Å². The Bertz CT molecular complexity index is 587. The summed E-state index contributed by atoms with van der Waals surface area (Å²) in [5.41, 5.74) is 2.12. The number of hydrogen-bond donors (Lipinski definition) is 1. The lowest BCUT2D eigenvalue weighted by Gasteiger charge is -2.18. The summed E-state index contributed by atoms with van der Waals surface area (Å²) in [6.07, 6.45) is 0.863. The van der Waals surface area contributed by atoms with Gasteiger partial charge in [0.25, 0.3) is 0 Å².